The third-order valence-electron chi connectivity index (χ3n) is 8.46. The van der Waals surface area contributed by atoms with Gasteiger partial charge >= 0.3 is 12.1 Å². The molecule has 1 saturated heterocycles. The van der Waals surface area contributed by atoms with Crippen LogP contribution in [0.15, 0.2) is 52.4 Å². The number of hydrogen-bond acceptors (Lipinski definition) is 14. The number of amides is 2. The van der Waals surface area contributed by atoms with Gasteiger partial charge in [0.05, 0.1) is 0 Å². The van der Waals surface area contributed by atoms with E-state index in [9.17, 15) is 24.4 Å². The highest BCUT2D eigenvalue weighted by atomic mass is 32.2. The number of nitrogen functional groups attached to an aromatic ring is 1. The van der Waals surface area contributed by atoms with Gasteiger partial charge in [0, 0.05) is 30.5 Å². The summed E-state index contributed by atoms with van der Waals surface area (Å²) in [5.74, 6) is -1.12. The summed E-state index contributed by atoms with van der Waals surface area (Å²) < 4.78 is 16.6. The van der Waals surface area contributed by atoms with Gasteiger partial charge in [-0.05, 0) is 47.8 Å². The summed E-state index contributed by atoms with van der Waals surface area (Å²) in [6.07, 6.45) is 6.88. The smallest absolute Gasteiger partial charge is 0.431 e. The molecule has 3 aliphatic rings. The van der Waals surface area contributed by atoms with Gasteiger partial charge in [-0.15, -0.1) is 23.1 Å². The van der Waals surface area contributed by atoms with E-state index in [1.54, 1.807) is 30.6 Å². The van der Waals surface area contributed by atoms with Crippen molar-refractivity contribution in [2.45, 2.75) is 70.8 Å². The molecular formula is C32H38N6O8S2. The van der Waals surface area contributed by atoms with Gasteiger partial charge in [0.15, 0.2) is 10.8 Å². The maximum Gasteiger partial charge on any atom is 0.511 e. The van der Waals surface area contributed by atoms with Gasteiger partial charge in [-0.25, -0.2) is 14.6 Å². The number of carbonyl (C=O) groups is 4. The van der Waals surface area contributed by atoms with Crippen molar-refractivity contribution in [3.05, 3.63) is 58.5 Å². The maximum absolute atomic E-state index is 13.7. The molecule has 4 N–H and O–H groups in total. The molecule has 14 nitrogen and oxygen atoms in total. The van der Waals surface area contributed by atoms with Crippen molar-refractivity contribution >= 4 is 64.0 Å². The summed E-state index contributed by atoms with van der Waals surface area (Å²) in [4.78, 5) is 62.2. The number of anilines is 1. The number of rotatable bonds is 10. The number of β-lactam (4-membered cyclic amide) rings is 1. The summed E-state index contributed by atoms with van der Waals surface area (Å²) in [6, 6.07) is 2.55. The molecule has 0 radical (unpaired) electrons. The van der Waals surface area contributed by atoms with Crippen LogP contribution in [0.25, 0.3) is 6.08 Å². The molecule has 6 atom stereocenters. The molecule has 0 aromatic carbocycles. The number of thiazole rings is 1. The molecule has 16 heteroatoms. The van der Waals surface area contributed by atoms with Gasteiger partial charge in [0.25, 0.3) is 11.8 Å². The van der Waals surface area contributed by atoms with Crippen LogP contribution in [0.4, 0.5) is 9.93 Å². The first-order valence-corrected chi connectivity index (χ1v) is 17.5. The average molecular weight is 699 g/mol. The van der Waals surface area contributed by atoms with Crippen molar-refractivity contribution in [1.82, 2.24) is 20.2 Å². The zero-order valence-corrected chi connectivity index (χ0v) is 28.5. The fourth-order valence-electron chi connectivity index (χ4n) is 6.02. The second kappa shape index (κ2) is 15.2. The zero-order chi connectivity index (χ0) is 34.5. The van der Waals surface area contributed by atoms with Gasteiger partial charge in [-0.1, -0.05) is 50.6 Å². The molecule has 2 aromatic rings. The first-order chi connectivity index (χ1) is 23.0. The van der Waals surface area contributed by atoms with E-state index >= 15 is 0 Å². The van der Waals surface area contributed by atoms with Gasteiger partial charge in [0.2, 0.25) is 6.29 Å². The lowest BCUT2D eigenvalue weighted by Gasteiger charge is -2.49. The number of thioether (sulfide) groups is 1. The number of fused-ring (bicyclic) bond motifs is 1. The number of allylic oxidation sites excluding steroid dienone is 1. The zero-order valence-electron chi connectivity index (χ0n) is 26.9. The largest absolute Gasteiger partial charge is 0.511 e. The molecule has 2 fully saturated rings. The van der Waals surface area contributed by atoms with Crippen LogP contribution < -0.4 is 11.1 Å². The van der Waals surface area contributed by atoms with Crippen molar-refractivity contribution in [1.29, 1.82) is 0 Å². The number of hydrogen-bond donors (Lipinski definition) is 3. The topological polar surface area (TPSA) is 196 Å². The van der Waals surface area contributed by atoms with E-state index in [1.807, 2.05) is 6.07 Å². The van der Waals surface area contributed by atoms with Crippen molar-refractivity contribution < 1.29 is 38.6 Å². The molecule has 4 heterocycles. The molecular weight excluding hydrogens is 661 g/mol. The highest BCUT2D eigenvalue weighted by Gasteiger charge is 2.54. The lowest BCUT2D eigenvalue weighted by molar-refractivity contribution is -0.170. The fourth-order valence-corrected chi connectivity index (χ4v) is 7.88. The quantitative estimate of drug-likeness (QED) is 0.0802. The van der Waals surface area contributed by atoms with Gasteiger partial charge in [-0.3, -0.25) is 19.5 Å². The Hall–Kier alpha value is -4.44. The van der Waals surface area contributed by atoms with Crippen LogP contribution in [0.1, 0.15) is 58.2 Å². The minimum Gasteiger partial charge on any atom is -0.431 e. The van der Waals surface area contributed by atoms with Crippen LogP contribution in [0, 0.1) is 17.8 Å². The maximum atomic E-state index is 13.7. The van der Waals surface area contributed by atoms with E-state index in [0.717, 1.165) is 36.2 Å². The Morgan fingerprint density at radius 1 is 1.21 bits per heavy atom. The summed E-state index contributed by atoms with van der Waals surface area (Å²) in [5, 5.41) is 16.0. The lowest BCUT2D eigenvalue weighted by atomic mass is 9.75. The average Bonchev–Trinajstić information content (AvgIpc) is 3.47. The minimum atomic E-state index is -1.33. The Bertz CT molecular complexity index is 1630. The molecule has 1 aliphatic carbocycles. The van der Waals surface area contributed by atoms with E-state index in [2.05, 4.69) is 41.2 Å². The Morgan fingerprint density at radius 2 is 2.00 bits per heavy atom. The molecule has 2 aliphatic heterocycles. The summed E-state index contributed by atoms with van der Waals surface area (Å²) in [7, 11) is 0. The number of pyridine rings is 1. The normalized spacial score (nSPS) is 24.9. The van der Waals surface area contributed by atoms with Gasteiger partial charge in [0.1, 0.15) is 28.9 Å². The minimum absolute atomic E-state index is 0.0506. The van der Waals surface area contributed by atoms with Crippen molar-refractivity contribution in [2.24, 2.45) is 22.9 Å². The van der Waals surface area contributed by atoms with Crippen molar-refractivity contribution in [2.75, 3.05) is 11.5 Å². The van der Waals surface area contributed by atoms with Gasteiger partial charge in [-0.2, -0.15) is 0 Å². The predicted molar refractivity (Wildman–Crippen MR) is 178 cm³/mol. The highest BCUT2D eigenvalue weighted by molar-refractivity contribution is 8.00. The first kappa shape index (κ1) is 34.9. The number of oxime groups is 1. The summed E-state index contributed by atoms with van der Waals surface area (Å²) in [5.41, 5.74) is 6.47. The molecule has 256 valence electrons. The molecule has 48 heavy (non-hydrogen) atoms. The Labute approximate surface area is 285 Å². The molecule has 1 unspecified atom stereocenters. The fraction of sp³-hybridized carbons (Fsp3) is 0.469. The molecule has 1 saturated carbocycles. The standard InChI is InChI=1S/C32H38N6O8S2/c1-16(2)21-10-7-17(3)12-23(21)46-32(42)45-18(4)44-30(41)26-20(9-8-19-6-5-11-34-13-19)14-47-29-25(28(40)38(26)29)36-27(39)24(37-43)22-15-48-31(33)35-22/h5-6,8-9,11,13,15-18,21,23,25,29,43H,7,10,12,14H2,1-4H3,(H2,33,35)(H,36,39)/b9-8-,37-24?/t17-,18?,21+,23-,25-,29-/m1/s1. The summed E-state index contributed by atoms with van der Waals surface area (Å²) >= 11 is 2.37. The lowest BCUT2D eigenvalue weighted by Crippen LogP contribution is -2.71. The molecule has 2 amide bonds. The van der Waals surface area contributed by atoms with Crippen LogP contribution in [-0.4, -0.2) is 79.3 Å². The number of nitrogens with one attached hydrogen (secondary N) is 1. The van der Waals surface area contributed by atoms with Crippen LogP contribution >= 0.6 is 23.1 Å². The Kier molecular flexibility index (Phi) is 11.0. The van der Waals surface area contributed by atoms with E-state index in [4.69, 9.17) is 19.9 Å². The van der Waals surface area contributed by atoms with Crippen molar-refractivity contribution in [3.8, 4) is 0 Å². The van der Waals surface area contributed by atoms with Crippen LogP contribution in [-0.2, 0) is 28.6 Å². The second-order valence-electron chi connectivity index (χ2n) is 12.2. The Balaban J connectivity index is 1.30. The van der Waals surface area contributed by atoms with E-state index in [1.165, 1.54) is 29.0 Å². The number of aromatic nitrogens is 2. The van der Waals surface area contributed by atoms with E-state index < -0.39 is 47.4 Å². The number of ether oxygens (including phenoxy) is 3. The van der Waals surface area contributed by atoms with E-state index in [-0.39, 0.29) is 34.3 Å². The number of esters is 1. The number of nitrogens with zero attached hydrogens (tertiary/aromatic N) is 4. The van der Waals surface area contributed by atoms with Gasteiger partial charge < -0.3 is 30.5 Å². The van der Waals surface area contributed by atoms with E-state index in [0.29, 0.717) is 17.4 Å². The second-order valence-corrected chi connectivity index (χ2v) is 14.2. The van der Waals surface area contributed by atoms with Crippen LogP contribution in [0.2, 0.25) is 0 Å². The molecule has 0 bridgehead atoms. The monoisotopic (exact) mass is 698 g/mol. The third-order valence-corrected chi connectivity index (χ3v) is 10.4. The Morgan fingerprint density at radius 3 is 2.67 bits per heavy atom. The summed E-state index contributed by atoms with van der Waals surface area (Å²) in [6.45, 7) is 7.71. The SMILES string of the molecule is CC(OC(=O)O[C@@H]1C[C@H](C)CC[C@H]1C(C)C)OC(=O)C1=C(/C=C\c2cccnc2)CS[C@@H]2[C@H](NC(=O)C(=NO)c3csc(N)n3)C(=O)N12. The molecule has 0 spiro atoms. The van der Waals surface area contributed by atoms with Crippen LogP contribution in [0.5, 0.6) is 0 Å². The predicted octanol–water partition coefficient (Wildman–Crippen LogP) is 4.17. The number of carbonyl (C=O) groups excluding carboxylic acids is 4. The van der Waals surface area contributed by atoms with Crippen molar-refractivity contribution in [3.63, 3.8) is 0 Å². The number of nitrogens with two attached hydrogens (primary N) is 1. The third kappa shape index (κ3) is 7.81. The van der Waals surface area contributed by atoms with Crippen LogP contribution in [0.3, 0.4) is 0 Å². The molecule has 5 rings (SSSR count). The molecule has 2 aromatic heterocycles. The first-order valence-electron chi connectivity index (χ1n) is 15.5. The highest BCUT2D eigenvalue weighted by Crippen LogP contribution is 2.41.